The van der Waals surface area contributed by atoms with Crippen LogP contribution in [0.1, 0.15) is 36.7 Å². The third-order valence-electron chi connectivity index (χ3n) is 2.98. The summed E-state index contributed by atoms with van der Waals surface area (Å²) in [6.07, 6.45) is 2.32. The smallest absolute Gasteiger partial charge is 0.342 e. The van der Waals surface area contributed by atoms with Gasteiger partial charge in [-0.1, -0.05) is 5.57 Å². The average Bonchev–Trinajstić information content (AvgIpc) is 2.30. The Morgan fingerprint density at radius 1 is 1.53 bits per heavy atom. The Morgan fingerprint density at radius 3 is 2.95 bits per heavy atom. The molecule has 4 heteroatoms. The lowest BCUT2D eigenvalue weighted by Crippen LogP contribution is -2.25. The normalized spacial score (nSPS) is 17.4. The summed E-state index contributed by atoms with van der Waals surface area (Å²) in [5, 5.41) is 9.78. The van der Waals surface area contributed by atoms with Crippen molar-refractivity contribution in [2.75, 3.05) is 6.61 Å². The summed E-state index contributed by atoms with van der Waals surface area (Å²) in [4.78, 5) is 11.8. The number of esters is 1. The van der Waals surface area contributed by atoms with Gasteiger partial charge in [0.2, 0.25) is 0 Å². The Kier molecular flexibility index (Phi) is 3.79. The first-order chi connectivity index (χ1) is 8.99. The molecule has 102 valence electrons. The van der Waals surface area contributed by atoms with Gasteiger partial charge in [0.1, 0.15) is 29.8 Å². The van der Waals surface area contributed by atoms with E-state index in [9.17, 15) is 9.90 Å². The van der Waals surface area contributed by atoms with Gasteiger partial charge in [0.15, 0.2) is 0 Å². The van der Waals surface area contributed by atoms with Crippen molar-refractivity contribution < 1.29 is 19.4 Å². The zero-order valence-corrected chi connectivity index (χ0v) is 11.4. The van der Waals surface area contributed by atoms with Crippen molar-refractivity contribution in [1.82, 2.24) is 0 Å². The summed E-state index contributed by atoms with van der Waals surface area (Å²) in [6.45, 7) is 6.26. The van der Waals surface area contributed by atoms with E-state index in [0.717, 1.165) is 5.56 Å². The van der Waals surface area contributed by atoms with Crippen molar-refractivity contribution in [3.05, 3.63) is 34.9 Å². The van der Waals surface area contributed by atoms with E-state index < -0.39 is 5.97 Å². The Bertz CT molecular complexity index is 527. The second kappa shape index (κ2) is 5.34. The number of carbonyl (C=O) groups excluding carboxylic acids is 1. The van der Waals surface area contributed by atoms with Gasteiger partial charge in [-0.3, -0.25) is 0 Å². The van der Waals surface area contributed by atoms with Gasteiger partial charge in [-0.15, -0.1) is 0 Å². The molecule has 1 N–H and O–H groups in total. The molecule has 4 nitrogen and oxygen atoms in total. The highest BCUT2D eigenvalue weighted by atomic mass is 16.5. The molecular weight excluding hydrogens is 244 g/mol. The second-order valence-electron chi connectivity index (χ2n) is 4.95. The van der Waals surface area contributed by atoms with Crippen LogP contribution < -0.4 is 4.74 Å². The molecule has 0 amide bonds. The Hall–Kier alpha value is -1.97. The number of aromatic hydroxyl groups is 1. The molecule has 0 fully saturated rings. The van der Waals surface area contributed by atoms with Crippen LogP contribution in [0, 0.1) is 0 Å². The topological polar surface area (TPSA) is 55.8 Å². The SMILES string of the molecule is CC(C)=CCOc1ccc(O)c2c1CC(C)OC2=O. The maximum absolute atomic E-state index is 11.8. The van der Waals surface area contributed by atoms with Crippen LogP contribution in [0.5, 0.6) is 11.5 Å². The fraction of sp³-hybridized carbons (Fsp3) is 0.400. The third kappa shape index (κ3) is 2.89. The molecule has 1 heterocycles. The summed E-state index contributed by atoms with van der Waals surface area (Å²) in [5.41, 5.74) is 2.12. The number of ether oxygens (including phenoxy) is 2. The summed E-state index contributed by atoms with van der Waals surface area (Å²) >= 11 is 0. The fourth-order valence-electron chi connectivity index (χ4n) is 2.05. The predicted molar refractivity (Wildman–Crippen MR) is 71.6 cm³/mol. The van der Waals surface area contributed by atoms with E-state index in [1.54, 1.807) is 6.07 Å². The van der Waals surface area contributed by atoms with Gasteiger partial charge >= 0.3 is 5.97 Å². The number of rotatable bonds is 3. The van der Waals surface area contributed by atoms with Crippen molar-refractivity contribution in [1.29, 1.82) is 0 Å². The highest BCUT2D eigenvalue weighted by molar-refractivity contribution is 5.96. The molecule has 1 unspecified atom stereocenters. The molecule has 1 aliphatic rings. The highest BCUT2D eigenvalue weighted by Crippen LogP contribution is 2.35. The lowest BCUT2D eigenvalue weighted by Gasteiger charge is -2.24. The first-order valence-corrected chi connectivity index (χ1v) is 6.31. The lowest BCUT2D eigenvalue weighted by atomic mass is 9.97. The van der Waals surface area contributed by atoms with Gasteiger partial charge < -0.3 is 14.6 Å². The van der Waals surface area contributed by atoms with Gasteiger partial charge in [-0.25, -0.2) is 4.79 Å². The van der Waals surface area contributed by atoms with E-state index in [2.05, 4.69) is 0 Å². The van der Waals surface area contributed by atoms with E-state index in [4.69, 9.17) is 9.47 Å². The Balaban J connectivity index is 2.33. The van der Waals surface area contributed by atoms with E-state index in [1.165, 1.54) is 11.6 Å². The minimum atomic E-state index is -0.487. The molecule has 0 bridgehead atoms. The maximum Gasteiger partial charge on any atom is 0.342 e. The number of carbonyl (C=O) groups is 1. The molecular formula is C15H18O4. The Morgan fingerprint density at radius 2 is 2.26 bits per heavy atom. The molecule has 0 saturated carbocycles. The van der Waals surface area contributed by atoms with Gasteiger partial charge in [0.25, 0.3) is 0 Å². The van der Waals surface area contributed by atoms with Gasteiger partial charge in [0.05, 0.1) is 0 Å². The minimum Gasteiger partial charge on any atom is -0.507 e. The standard InChI is InChI=1S/C15H18O4/c1-9(2)6-7-18-13-5-4-12(16)14-11(13)8-10(3)19-15(14)17/h4-6,10,16H,7-8H2,1-3H3. The molecule has 0 spiro atoms. The van der Waals surface area contributed by atoms with Crippen LogP contribution >= 0.6 is 0 Å². The molecule has 19 heavy (non-hydrogen) atoms. The zero-order chi connectivity index (χ0) is 14.0. The average molecular weight is 262 g/mol. The van der Waals surface area contributed by atoms with Crippen LogP contribution in [0.4, 0.5) is 0 Å². The molecule has 0 aliphatic carbocycles. The van der Waals surface area contributed by atoms with E-state index >= 15 is 0 Å². The number of cyclic esters (lactones) is 1. The number of benzene rings is 1. The monoisotopic (exact) mass is 262 g/mol. The third-order valence-corrected chi connectivity index (χ3v) is 2.98. The van der Waals surface area contributed by atoms with Crippen molar-refractivity contribution in [3.8, 4) is 11.5 Å². The number of fused-ring (bicyclic) bond motifs is 1. The van der Waals surface area contributed by atoms with Crippen molar-refractivity contribution in [2.24, 2.45) is 0 Å². The van der Waals surface area contributed by atoms with Crippen LogP contribution in [0.25, 0.3) is 0 Å². The van der Waals surface area contributed by atoms with E-state index in [0.29, 0.717) is 18.8 Å². The summed E-state index contributed by atoms with van der Waals surface area (Å²) in [5.74, 6) is 0.0918. The Labute approximate surface area is 112 Å². The highest BCUT2D eigenvalue weighted by Gasteiger charge is 2.29. The minimum absolute atomic E-state index is 0.0542. The predicted octanol–water partition coefficient (Wildman–Crippen LogP) is 2.84. The fourth-order valence-corrected chi connectivity index (χ4v) is 2.05. The number of phenolic OH excluding ortho intramolecular Hbond substituents is 1. The van der Waals surface area contributed by atoms with Crippen LogP contribution in [-0.2, 0) is 11.2 Å². The molecule has 1 aromatic carbocycles. The van der Waals surface area contributed by atoms with E-state index in [-0.39, 0.29) is 17.4 Å². The van der Waals surface area contributed by atoms with Crippen molar-refractivity contribution in [2.45, 2.75) is 33.3 Å². The first kappa shape index (κ1) is 13.5. The van der Waals surface area contributed by atoms with Crippen molar-refractivity contribution in [3.63, 3.8) is 0 Å². The van der Waals surface area contributed by atoms with E-state index in [1.807, 2.05) is 26.8 Å². The molecule has 0 aromatic heterocycles. The second-order valence-corrected chi connectivity index (χ2v) is 4.95. The maximum atomic E-state index is 11.8. The number of hydrogen-bond donors (Lipinski definition) is 1. The van der Waals surface area contributed by atoms with Gasteiger partial charge in [-0.05, 0) is 39.0 Å². The largest absolute Gasteiger partial charge is 0.507 e. The molecule has 2 rings (SSSR count). The summed E-state index contributed by atoms with van der Waals surface area (Å²) in [7, 11) is 0. The first-order valence-electron chi connectivity index (χ1n) is 6.31. The van der Waals surface area contributed by atoms with Crippen LogP contribution in [0.3, 0.4) is 0 Å². The molecule has 0 radical (unpaired) electrons. The summed E-state index contributed by atoms with van der Waals surface area (Å²) in [6, 6.07) is 3.16. The zero-order valence-electron chi connectivity index (χ0n) is 11.4. The lowest BCUT2D eigenvalue weighted by molar-refractivity contribution is 0.0293. The number of phenols is 1. The molecule has 1 aromatic rings. The molecule has 1 atom stereocenters. The van der Waals surface area contributed by atoms with Crippen LogP contribution in [0.2, 0.25) is 0 Å². The number of allylic oxidation sites excluding steroid dienone is 1. The van der Waals surface area contributed by atoms with Gasteiger partial charge in [0, 0.05) is 12.0 Å². The molecule has 0 saturated heterocycles. The molecule has 1 aliphatic heterocycles. The van der Waals surface area contributed by atoms with Crippen molar-refractivity contribution >= 4 is 5.97 Å². The summed E-state index contributed by atoms with van der Waals surface area (Å²) < 4.78 is 10.8. The van der Waals surface area contributed by atoms with Crippen LogP contribution in [0.15, 0.2) is 23.8 Å². The van der Waals surface area contributed by atoms with Gasteiger partial charge in [-0.2, -0.15) is 0 Å². The number of hydrogen-bond acceptors (Lipinski definition) is 4. The van der Waals surface area contributed by atoms with Crippen LogP contribution in [-0.4, -0.2) is 23.8 Å². The quantitative estimate of drug-likeness (QED) is 0.672.